The van der Waals surface area contributed by atoms with Gasteiger partial charge >= 0.3 is 0 Å². The van der Waals surface area contributed by atoms with Crippen molar-refractivity contribution in [2.45, 2.75) is 44.6 Å². The minimum absolute atomic E-state index is 0.184. The van der Waals surface area contributed by atoms with E-state index >= 15 is 0 Å². The predicted octanol–water partition coefficient (Wildman–Crippen LogP) is 2.83. The highest BCUT2D eigenvalue weighted by molar-refractivity contribution is 5.28. The number of hydrogen-bond donors (Lipinski definition) is 1. The molecule has 0 aromatic carbocycles. The topological polar surface area (TPSA) is 25.2 Å². The molecule has 2 heterocycles. The average Bonchev–Trinajstić information content (AvgIpc) is 2.72. The van der Waals surface area contributed by atoms with Crippen LogP contribution in [0.1, 0.15) is 43.9 Å². The summed E-state index contributed by atoms with van der Waals surface area (Å²) >= 11 is 0. The molecule has 0 saturated heterocycles. The highest BCUT2D eigenvalue weighted by Gasteiger charge is 2.41. The van der Waals surface area contributed by atoms with Gasteiger partial charge in [-0.15, -0.1) is 0 Å². The molecule has 0 bridgehead atoms. The Hall–Kier alpha value is -0.760. The summed E-state index contributed by atoms with van der Waals surface area (Å²) < 4.78 is 5.72. The van der Waals surface area contributed by atoms with Gasteiger partial charge in [-0.1, -0.05) is 6.92 Å². The van der Waals surface area contributed by atoms with Crippen molar-refractivity contribution in [1.82, 2.24) is 5.32 Å². The van der Waals surface area contributed by atoms with Crippen molar-refractivity contribution in [3.05, 3.63) is 23.7 Å². The van der Waals surface area contributed by atoms with Crippen LogP contribution in [0.15, 0.2) is 16.7 Å². The van der Waals surface area contributed by atoms with Crippen molar-refractivity contribution in [2.75, 3.05) is 6.54 Å². The summed E-state index contributed by atoms with van der Waals surface area (Å²) in [6.07, 6.45) is 8.13. The van der Waals surface area contributed by atoms with Gasteiger partial charge in [0.05, 0.1) is 11.8 Å². The van der Waals surface area contributed by atoms with Gasteiger partial charge in [0.25, 0.3) is 0 Å². The van der Waals surface area contributed by atoms with Crippen molar-refractivity contribution in [3.63, 3.8) is 0 Å². The zero-order valence-corrected chi connectivity index (χ0v) is 9.38. The van der Waals surface area contributed by atoms with Crippen LogP contribution in [0.25, 0.3) is 0 Å². The number of fused-ring (bicyclic) bond motifs is 2. The van der Waals surface area contributed by atoms with Crippen LogP contribution >= 0.6 is 0 Å². The summed E-state index contributed by atoms with van der Waals surface area (Å²) in [5.74, 6) is 2.12. The third kappa shape index (κ3) is 1.43. The van der Waals surface area contributed by atoms with Crippen molar-refractivity contribution < 1.29 is 4.42 Å². The highest BCUT2D eigenvalue weighted by atomic mass is 16.3. The second kappa shape index (κ2) is 3.38. The Balaban J connectivity index is 1.94. The van der Waals surface area contributed by atoms with E-state index in [0.717, 1.165) is 18.9 Å². The van der Waals surface area contributed by atoms with E-state index in [1.54, 1.807) is 0 Å². The first-order valence-corrected chi connectivity index (χ1v) is 6.12. The van der Waals surface area contributed by atoms with Crippen molar-refractivity contribution >= 4 is 0 Å². The summed E-state index contributed by atoms with van der Waals surface area (Å²) in [5, 5.41) is 3.70. The van der Waals surface area contributed by atoms with Gasteiger partial charge in [0.15, 0.2) is 0 Å². The molecule has 82 valence electrons. The maximum absolute atomic E-state index is 5.72. The second-order valence-corrected chi connectivity index (χ2v) is 5.22. The summed E-state index contributed by atoms with van der Waals surface area (Å²) in [5.41, 5.74) is 1.62. The van der Waals surface area contributed by atoms with Crippen LogP contribution in [0.3, 0.4) is 0 Å². The smallest absolute Gasteiger partial charge is 0.127 e. The van der Waals surface area contributed by atoms with Crippen LogP contribution in [-0.2, 0) is 12.0 Å². The Bertz CT molecular complexity index is 347. The SMILES string of the molecule is CC1CCC2(CC1)NCCc1ccoc12. The molecule has 2 aliphatic rings. The third-order valence-corrected chi connectivity index (χ3v) is 4.17. The molecule has 2 nitrogen and oxygen atoms in total. The van der Waals surface area contributed by atoms with Gasteiger partial charge in [0.1, 0.15) is 5.76 Å². The Morgan fingerprint density at radius 3 is 3.00 bits per heavy atom. The van der Waals surface area contributed by atoms with Crippen LogP contribution < -0.4 is 5.32 Å². The lowest BCUT2D eigenvalue weighted by Gasteiger charge is -2.41. The zero-order valence-electron chi connectivity index (χ0n) is 9.38. The van der Waals surface area contributed by atoms with Crippen LogP contribution in [0.4, 0.5) is 0 Å². The Morgan fingerprint density at radius 2 is 2.20 bits per heavy atom. The van der Waals surface area contributed by atoms with Gasteiger partial charge in [-0.05, 0) is 49.7 Å². The van der Waals surface area contributed by atoms with Gasteiger partial charge in [-0.2, -0.15) is 0 Å². The first kappa shape index (κ1) is 9.46. The van der Waals surface area contributed by atoms with Gasteiger partial charge in [0, 0.05) is 6.54 Å². The highest BCUT2D eigenvalue weighted by Crippen LogP contribution is 2.42. The average molecular weight is 205 g/mol. The molecule has 1 aliphatic carbocycles. The Morgan fingerprint density at radius 1 is 1.40 bits per heavy atom. The van der Waals surface area contributed by atoms with E-state index in [-0.39, 0.29) is 5.54 Å². The second-order valence-electron chi connectivity index (χ2n) is 5.22. The fraction of sp³-hybridized carbons (Fsp3) is 0.692. The lowest BCUT2D eigenvalue weighted by molar-refractivity contribution is 0.156. The minimum Gasteiger partial charge on any atom is -0.467 e. The molecular weight excluding hydrogens is 186 g/mol. The first-order valence-electron chi connectivity index (χ1n) is 6.12. The van der Waals surface area contributed by atoms with Crippen LogP contribution in [-0.4, -0.2) is 6.54 Å². The van der Waals surface area contributed by atoms with Crippen LogP contribution in [0, 0.1) is 5.92 Å². The van der Waals surface area contributed by atoms with Gasteiger partial charge < -0.3 is 9.73 Å². The standard InChI is InChI=1S/C13H19NO/c1-10-2-6-13(7-3-10)12-11(4-8-14-13)5-9-15-12/h5,9-10,14H,2-4,6-8H2,1H3. The maximum atomic E-state index is 5.72. The third-order valence-electron chi connectivity index (χ3n) is 4.17. The summed E-state index contributed by atoms with van der Waals surface area (Å²) in [6.45, 7) is 3.47. The molecule has 2 heteroatoms. The lowest BCUT2D eigenvalue weighted by Crippen LogP contribution is -2.48. The molecule has 15 heavy (non-hydrogen) atoms. The van der Waals surface area contributed by atoms with Crippen molar-refractivity contribution in [3.8, 4) is 0 Å². The van der Waals surface area contributed by atoms with E-state index in [0.29, 0.717) is 0 Å². The molecule has 1 aromatic heterocycles. The van der Waals surface area contributed by atoms with Crippen LogP contribution in [0.2, 0.25) is 0 Å². The predicted molar refractivity (Wildman–Crippen MR) is 59.7 cm³/mol. The molecule has 0 amide bonds. The number of hydrogen-bond acceptors (Lipinski definition) is 2. The monoisotopic (exact) mass is 205 g/mol. The van der Waals surface area contributed by atoms with Gasteiger partial charge in [0.2, 0.25) is 0 Å². The lowest BCUT2D eigenvalue weighted by atomic mass is 9.73. The fourth-order valence-corrected chi connectivity index (χ4v) is 3.13. The molecule has 1 aromatic rings. The Labute approximate surface area is 91.0 Å². The van der Waals surface area contributed by atoms with E-state index in [2.05, 4.69) is 18.3 Å². The summed E-state index contributed by atoms with van der Waals surface area (Å²) in [6, 6.07) is 2.15. The molecule has 0 atom stereocenters. The number of furan rings is 1. The van der Waals surface area contributed by atoms with Crippen LogP contribution in [0.5, 0.6) is 0 Å². The molecule has 1 N–H and O–H groups in total. The van der Waals surface area contributed by atoms with E-state index in [4.69, 9.17) is 4.42 Å². The summed E-state index contributed by atoms with van der Waals surface area (Å²) in [4.78, 5) is 0. The van der Waals surface area contributed by atoms with E-state index in [1.165, 1.54) is 37.0 Å². The quantitative estimate of drug-likeness (QED) is 0.704. The first-order chi connectivity index (χ1) is 7.30. The fourth-order valence-electron chi connectivity index (χ4n) is 3.13. The molecule has 3 rings (SSSR count). The normalized spacial score (nSPS) is 35.4. The van der Waals surface area contributed by atoms with E-state index in [9.17, 15) is 0 Å². The van der Waals surface area contributed by atoms with Crippen molar-refractivity contribution in [1.29, 1.82) is 0 Å². The molecule has 0 unspecified atom stereocenters. The van der Waals surface area contributed by atoms with Crippen molar-refractivity contribution in [2.24, 2.45) is 5.92 Å². The van der Waals surface area contributed by atoms with E-state index in [1.807, 2.05) is 6.26 Å². The van der Waals surface area contributed by atoms with Gasteiger partial charge in [-0.3, -0.25) is 0 Å². The molecule has 1 fully saturated rings. The minimum atomic E-state index is 0.184. The molecule has 1 saturated carbocycles. The zero-order chi connectivity index (χ0) is 10.3. The molecule has 1 aliphatic heterocycles. The molecule has 0 radical (unpaired) electrons. The molecule has 1 spiro atoms. The van der Waals surface area contributed by atoms with E-state index < -0.39 is 0 Å². The molecular formula is C13H19NO. The summed E-state index contributed by atoms with van der Waals surface area (Å²) in [7, 11) is 0. The Kier molecular flexibility index (Phi) is 2.13. The number of nitrogens with one attached hydrogen (secondary N) is 1. The van der Waals surface area contributed by atoms with Gasteiger partial charge in [-0.25, -0.2) is 0 Å². The largest absolute Gasteiger partial charge is 0.467 e. The number of rotatable bonds is 0. The maximum Gasteiger partial charge on any atom is 0.127 e.